The third-order valence-electron chi connectivity index (χ3n) is 3.68. The minimum absolute atomic E-state index is 0.229. The molecule has 0 aromatic carbocycles. The van der Waals surface area contributed by atoms with E-state index in [4.69, 9.17) is 9.31 Å². The van der Waals surface area contributed by atoms with Crippen molar-refractivity contribution in [2.75, 3.05) is 0 Å². The van der Waals surface area contributed by atoms with E-state index in [1.165, 1.54) is 5.57 Å². The van der Waals surface area contributed by atoms with Crippen LogP contribution in [0.1, 0.15) is 61.8 Å². The minimum Gasteiger partial charge on any atom is -0.400 e. The Bertz CT molecular complexity index is 357. The van der Waals surface area contributed by atoms with Crippen LogP contribution in [0, 0.1) is 5.41 Å². The van der Waals surface area contributed by atoms with Crippen LogP contribution >= 0.6 is 0 Å². The molecule has 0 atom stereocenters. The predicted octanol–water partition coefficient (Wildman–Crippen LogP) is 4.56. The van der Waals surface area contributed by atoms with Gasteiger partial charge < -0.3 is 9.31 Å². The predicted molar refractivity (Wildman–Crippen MR) is 83.1 cm³/mol. The first-order chi connectivity index (χ1) is 8.43. The molecule has 0 aliphatic carbocycles. The Morgan fingerprint density at radius 1 is 1.05 bits per heavy atom. The van der Waals surface area contributed by atoms with E-state index in [1.54, 1.807) is 0 Å². The van der Waals surface area contributed by atoms with Crippen molar-refractivity contribution in [2.24, 2.45) is 5.41 Å². The number of hydrogen-bond acceptors (Lipinski definition) is 2. The topological polar surface area (TPSA) is 18.5 Å². The summed E-state index contributed by atoms with van der Waals surface area (Å²) >= 11 is 0. The van der Waals surface area contributed by atoms with Gasteiger partial charge in [0.25, 0.3) is 0 Å². The fourth-order valence-electron chi connectivity index (χ4n) is 2.13. The van der Waals surface area contributed by atoms with E-state index >= 15 is 0 Å². The second-order valence-electron chi connectivity index (χ2n) is 7.61. The lowest BCUT2D eigenvalue weighted by molar-refractivity contribution is 0.00578. The Labute approximate surface area is 119 Å². The highest BCUT2D eigenvalue weighted by Crippen LogP contribution is 2.36. The molecular weight excluding hydrogens is 235 g/mol. The van der Waals surface area contributed by atoms with Crippen molar-refractivity contribution >= 4 is 7.12 Å². The molecule has 1 aliphatic heterocycles. The van der Waals surface area contributed by atoms with Crippen LogP contribution in [0.3, 0.4) is 0 Å². The van der Waals surface area contributed by atoms with Crippen LogP contribution in [0.5, 0.6) is 0 Å². The van der Waals surface area contributed by atoms with Gasteiger partial charge in [0.05, 0.1) is 11.2 Å². The third kappa shape index (κ3) is 4.81. The van der Waals surface area contributed by atoms with E-state index in [1.807, 2.05) is 5.98 Å². The van der Waals surface area contributed by atoms with Crippen LogP contribution in [0.2, 0.25) is 0 Å². The van der Waals surface area contributed by atoms with Crippen LogP contribution in [0.25, 0.3) is 0 Å². The lowest BCUT2D eigenvalue weighted by Crippen LogP contribution is -2.41. The molecule has 1 rings (SSSR count). The van der Waals surface area contributed by atoms with Crippen LogP contribution in [0.4, 0.5) is 0 Å². The summed E-state index contributed by atoms with van der Waals surface area (Å²) in [6, 6.07) is 0. The first-order valence-corrected chi connectivity index (χ1v) is 7.14. The van der Waals surface area contributed by atoms with Gasteiger partial charge in [-0.3, -0.25) is 0 Å². The van der Waals surface area contributed by atoms with Crippen molar-refractivity contribution in [1.29, 1.82) is 0 Å². The van der Waals surface area contributed by atoms with Crippen molar-refractivity contribution in [2.45, 2.75) is 73.0 Å². The zero-order chi connectivity index (χ0) is 14.9. The molecule has 0 aromatic rings. The van der Waals surface area contributed by atoms with Gasteiger partial charge in [-0.15, -0.1) is 0 Å². The lowest BCUT2D eigenvalue weighted by atomic mass is 9.88. The zero-order valence-electron chi connectivity index (χ0n) is 13.8. The summed E-state index contributed by atoms with van der Waals surface area (Å²) in [6.45, 7) is 17.1. The fraction of sp³-hybridized carbons (Fsp3) is 0.750. The molecule has 3 heteroatoms. The van der Waals surface area contributed by atoms with E-state index in [9.17, 15) is 0 Å². The molecule has 0 amide bonds. The van der Waals surface area contributed by atoms with E-state index in [0.717, 1.165) is 6.42 Å². The largest absolute Gasteiger partial charge is 0.486 e. The Morgan fingerprint density at radius 3 is 1.95 bits per heavy atom. The van der Waals surface area contributed by atoms with Crippen LogP contribution in [-0.2, 0) is 9.31 Å². The monoisotopic (exact) mass is 264 g/mol. The van der Waals surface area contributed by atoms with Gasteiger partial charge in [0, 0.05) is 0 Å². The maximum atomic E-state index is 5.92. The SMILES string of the molecule is C/C(=C\C(C)(C)C)C/C=C/B1OC(C)(C)C(C)(C)O1. The molecule has 108 valence electrons. The average molecular weight is 264 g/mol. The molecule has 19 heavy (non-hydrogen) atoms. The quantitative estimate of drug-likeness (QED) is 0.549. The molecule has 1 saturated heterocycles. The first-order valence-electron chi connectivity index (χ1n) is 7.14. The Morgan fingerprint density at radius 2 is 1.53 bits per heavy atom. The smallest absolute Gasteiger partial charge is 0.400 e. The molecule has 0 N–H and O–H groups in total. The summed E-state index contributed by atoms with van der Waals surface area (Å²) in [4.78, 5) is 0. The highest BCUT2D eigenvalue weighted by molar-refractivity contribution is 6.51. The normalized spacial score (nSPS) is 23.4. The maximum absolute atomic E-state index is 5.92. The fourth-order valence-corrected chi connectivity index (χ4v) is 2.13. The van der Waals surface area contributed by atoms with Crippen molar-refractivity contribution < 1.29 is 9.31 Å². The Kier molecular flexibility index (Phi) is 4.74. The summed E-state index contributed by atoms with van der Waals surface area (Å²) in [5.74, 6) is 2.02. The van der Waals surface area contributed by atoms with Crippen LogP contribution < -0.4 is 0 Å². The van der Waals surface area contributed by atoms with E-state index in [0.29, 0.717) is 0 Å². The number of allylic oxidation sites excluding steroid dienone is 3. The van der Waals surface area contributed by atoms with Gasteiger partial charge in [0.1, 0.15) is 0 Å². The molecule has 0 unspecified atom stereocenters. The molecule has 0 radical (unpaired) electrons. The standard InChI is InChI=1S/C16H29BO2/c1-13(12-14(2,3)4)10-9-11-17-18-15(5,6)16(7,8)19-17/h9,11-12H,10H2,1-8H3/b11-9+,13-12+. The van der Waals surface area contributed by atoms with Gasteiger partial charge in [0.15, 0.2) is 0 Å². The molecule has 2 nitrogen and oxygen atoms in total. The van der Waals surface area contributed by atoms with Crippen molar-refractivity contribution in [3.63, 3.8) is 0 Å². The van der Waals surface area contributed by atoms with Crippen molar-refractivity contribution in [3.05, 3.63) is 23.7 Å². The second-order valence-corrected chi connectivity index (χ2v) is 7.61. The van der Waals surface area contributed by atoms with E-state index in [2.05, 4.69) is 67.5 Å². The summed E-state index contributed by atoms with van der Waals surface area (Å²) < 4.78 is 11.8. The van der Waals surface area contributed by atoms with E-state index in [-0.39, 0.29) is 23.7 Å². The zero-order valence-corrected chi connectivity index (χ0v) is 13.8. The molecule has 0 spiro atoms. The van der Waals surface area contributed by atoms with Gasteiger partial charge in [-0.05, 0) is 46.5 Å². The van der Waals surface area contributed by atoms with Gasteiger partial charge in [-0.25, -0.2) is 0 Å². The third-order valence-corrected chi connectivity index (χ3v) is 3.68. The summed E-state index contributed by atoms with van der Waals surface area (Å²) in [6.07, 6.45) is 5.39. The van der Waals surface area contributed by atoms with Gasteiger partial charge in [-0.2, -0.15) is 0 Å². The molecule has 1 aliphatic rings. The van der Waals surface area contributed by atoms with Gasteiger partial charge >= 0.3 is 7.12 Å². The highest BCUT2D eigenvalue weighted by atomic mass is 16.7. The van der Waals surface area contributed by atoms with Crippen molar-refractivity contribution in [3.8, 4) is 0 Å². The summed E-state index contributed by atoms with van der Waals surface area (Å²) in [5, 5.41) is 0. The molecule has 1 heterocycles. The molecule has 1 fully saturated rings. The molecule has 0 aromatic heterocycles. The van der Waals surface area contributed by atoms with Gasteiger partial charge in [-0.1, -0.05) is 44.5 Å². The molecule has 0 bridgehead atoms. The molecular formula is C16H29BO2. The van der Waals surface area contributed by atoms with E-state index < -0.39 is 0 Å². The lowest BCUT2D eigenvalue weighted by Gasteiger charge is -2.32. The first kappa shape index (κ1) is 16.5. The second kappa shape index (κ2) is 5.45. The highest BCUT2D eigenvalue weighted by Gasteiger charge is 2.49. The Balaban J connectivity index is 2.55. The number of hydrogen-bond donors (Lipinski definition) is 0. The summed E-state index contributed by atoms with van der Waals surface area (Å²) in [5.41, 5.74) is 1.11. The summed E-state index contributed by atoms with van der Waals surface area (Å²) in [7, 11) is -0.229. The molecule has 0 saturated carbocycles. The van der Waals surface area contributed by atoms with Crippen LogP contribution in [-0.4, -0.2) is 18.3 Å². The maximum Gasteiger partial charge on any atom is 0.486 e. The average Bonchev–Trinajstić information content (AvgIpc) is 2.31. The van der Waals surface area contributed by atoms with Gasteiger partial charge in [0.2, 0.25) is 0 Å². The van der Waals surface area contributed by atoms with Crippen LogP contribution in [0.15, 0.2) is 23.7 Å². The Hall–Kier alpha value is -0.535. The number of rotatable bonds is 3. The van der Waals surface area contributed by atoms with Crippen molar-refractivity contribution in [1.82, 2.24) is 0 Å². The minimum atomic E-state index is -0.252.